The van der Waals surface area contributed by atoms with Crippen LogP contribution in [0.2, 0.25) is 31.0 Å². The van der Waals surface area contributed by atoms with Crippen molar-refractivity contribution in [3.05, 3.63) is 47.0 Å². The standard InChI is InChI=1S/C15H32B2N.C11H15.CH3.Y/c1-9-10(2)12(4)16(7)15(14(6)18)17(8)13(5)11(9)3;1-7-6-8(2)10(4)11(5)9(7)3;;/h9-15,18H,1-8H3;1-5H3;1H3;/q3*-1;+3. The molecule has 1 heterocycles. The number of hydrogen-bond donors (Lipinski definition) is 0. The largest absolute Gasteiger partial charge is 3.00 e. The molecule has 1 N–H and O–H groups in total. The molecule has 1 aliphatic rings. The monoisotopic (exact) mass is 499 g/mol. The minimum atomic E-state index is 0. The Kier molecular flexibility index (Phi) is 15.1. The Morgan fingerprint density at radius 1 is 0.710 bits per heavy atom. The molecule has 0 aliphatic carbocycles. The van der Waals surface area contributed by atoms with E-state index < -0.39 is 0 Å². The van der Waals surface area contributed by atoms with Crippen molar-refractivity contribution in [1.29, 1.82) is 0 Å². The van der Waals surface area contributed by atoms with Crippen LogP contribution in [0.25, 0.3) is 5.73 Å². The van der Waals surface area contributed by atoms with E-state index in [2.05, 4.69) is 95.9 Å². The van der Waals surface area contributed by atoms with Crippen molar-refractivity contribution in [1.82, 2.24) is 0 Å². The summed E-state index contributed by atoms with van der Waals surface area (Å²) in [6.45, 7) is 31.1. The van der Waals surface area contributed by atoms with Gasteiger partial charge in [-0.15, -0.1) is 0 Å². The van der Waals surface area contributed by atoms with Crippen LogP contribution in [0.15, 0.2) is 0 Å². The van der Waals surface area contributed by atoms with Gasteiger partial charge in [0.2, 0.25) is 0 Å². The Bertz CT molecular complexity index is 627. The van der Waals surface area contributed by atoms with E-state index in [-0.39, 0.29) is 46.2 Å². The molecule has 1 aliphatic heterocycles. The fraction of sp³-hybridized carbons (Fsp3) is 0.741. The fourth-order valence-electron chi connectivity index (χ4n) is 5.80. The Balaban J connectivity index is 0. The van der Waals surface area contributed by atoms with E-state index in [1.165, 1.54) is 27.8 Å². The van der Waals surface area contributed by atoms with Crippen molar-refractivity contribution in [3.8, 4) is 0 Å². The summed E-state index contributed by atoms with van der Waals surface area (Å²) >= 11 is 0. The molecule has 0 amide bonds. The molecule has 4 heteroatoms. The number of benzene rings is 1. The molecule has 172 valence electrons. The van der Waals surface area contributed by atoms with Crippen LogP contribution in [0.1, 0.15) is 69.4 Å². The van der Waals surface area contributed by atoms with Gasteiger partial charge >= 0.3 is 32.7 Å². The summed E-state index contributed by atoms with van der Waals surface area (Å²) in [6.07, 6.45) is 0. The predicted octanol–water partition coefficient (Wildman–Crippen LogP) is 8.76. The van der Waals surface area contributed by atoms with Gasteiger partial charge in [0.15, 0.2) is 0 Å². The molecule has 31 heavy (non-hydrogen) atoms. The first kappa shape index (κ1) is 33.6. The molecular formula is C27H50B2NY. The second-order valence-corrected chi connectivity index (χ2v) is 10.6. The number of nitrogens with one attached hydrogen (secondary N) is 1. The molecule has 2 rings (SSSR count). The van der Waals surface area contributed by atoms with Gasteiger partial charge in [0.1, 0.15) is 13.4 Å². The van der Waals surface area contributed by atoms with Gasteiger partial charge in [-0.2, -0.15) is 39.9 Å². The third-order valence-electron chi connectivity index (χ3n) is 9.39. The van der Waals surface area contributed by atoms with E-state index in [1.807, 2.05) is 0 Å². The van der Waals surface area contributed by atoms with Crippen LogP contribution in [0.5, 0.6) is 0 Å². The molecule has 5 unspecified atom stereocenters. The van der Waals surface area contributed by atoms with Gasteiger partial charge < -0.3 is 13.2 Å². The zero-order valence-corrected chi connectivity index (χ0v) is 26.1. The fourth-order valence-corrected chi connectivity index (χ4v) is 5.80. The second-order valence-electron chi connectivity index (χ2n) is 10.6. The van der Waals surface area contributed by atoms with E-state index in [9.17, 15) is 0 Å². The topological polar surface area (TPSA) is 23.8 Å². The summed E-state index contributed by atoms with van der Waals surface area (Å²) in [6, 6.07) is 3.41. The van der Waals surface area contributed by atoms with Crippen LogP contribution in [0.4, 0.5) is 0 Å². The first-order chi connectivity index (χ1) is 13.2. The average molecular weight is 499 g/mol. The van der Waals surface area contributed by atoms with Crippen LogP contribution >= 0.6 is 0 Å². The summed E-state index contributed by atoms with van der Waals surface area (Å²) in [4.78, 5) is 0. The molecule has 1 aromatic carbocycles. The predicted molar refractivity (Wildman–Crippen MR) is 142 cm³/mol. The van der Waals surface area contributed by atoms with Gasteiger partial charge in [0.05, 0.1) is 0 Å². The molecule has 1 nitrogen and oxygen atoms in total. The maximum absolute atomic E-state index is 8.26. The van der Waals surface area contributed by atoms with Crippen LogP contribution in [0.3, 0.4) is 0 Å². The SMILES string of the molecule is CB1C(C)C(C)C(C)C(C)C(C)B(C)C1C(C)[NH-].Cc1[c-]c(C)c(C)c(C)c1C.[CH3-].[Y+3]. The van der Waals surface area contributed by atoms with E-state index in [0.29, 0.717) is 19.1 Å². The van der Waals surface area contributed by atoms with E-state index >= 15 is 0 Å². The molecule has 0 bridgehead atoms. The van der Waals surface area contributed by atoms with Gasteiger partial charge in [0.25, 0.3) is 0 Å². The molecule has 1 fully saturated rings. The molecule has 0 radical (unpaired) electrons. The quantitative estimate of drug-likeness (QED) is 0.273. The third kappa shape index (κ3) is 7.72. The maximum Gasteiger partial charge on any atom is 3.00 e. The molecular weight excluding hydrogens is 449 g/mol. The van der Waals surface area contributed by atoms with E-state index in [4.69, 9.17) is 5.73 Å². The Labute approximate surface area is 222 Å². The summed E-state index contributed by atoms with van der Waals surface area (Å²) in [5, 5.41) is 0. The molecule has 0 aromatic heterocycles. The second kappa shape index (κ2) is 14.0. The van der Waals surface area contributed by atoms with Gasteiger partial charge in [-0.3, -0.25) is 0 Å². The Morgan fingerprint density at radius 2 is 1.03 bits per heavy atom. The van der Waals surface area contributed by atoms with Crippen molar-refractivity contribution >= 4 is 13.4 Å². The minimum Gasteiger partial charge on any atom is -0.676 e. The first-order valence-corrected chi connectivity index (χ1v) is 11.9. The van der Waals surface area contributed by atoms with Gasteiger partial charge in [-0.25, -0.2) is 0 Å². The molecule has 1 aromatic rings. The van der Waals surface area contributed by atoms with E-state index in [0.717, 1.165) is 29.4 Å². The normalized spacial score (nSPS) is 29.5. The molecule has 5 atom stereocenters. The first-order valence-electron chi connectivity index (χ1n) is 11.9. The Hall–Kier alpha value is 0.414. The van der Waals surface area contributed by atoms with Crippen molar-refractivity contribution in [2.24, 2.45) is 17.8 Å². The van der Waals surface area contributed by atoms with Gasteiger partial charge in [-0.05, 0) is 17.8 Å². The van der Waals surface area contributed by atoms with Gasteiger partial charge in [0, 0.05) is 0 Å². The summed E-state index contributed by atoms with van der Waals surface area (Å²) < 4.78 is 0. The molecule has 0 spiro atoms. The van der Waals surface area contributed by atoms with Crippen molar-refractivity contribution in [2.75, 3.05) is 0 Å². The van der Waals surface area contributed by atoms with Crippen molar-refractivity contribution in [3.63, 3.8) is 0 Å². The maximum atomic E-state index is 8.26. The van der Waals surface area contributed by atoms with Crippen molar-refractivity contribution in [2.45, 2.75) is 113 Å². The average Bonchev–Trinajstić information content (AvgIpc) is 2.67. The van der Waals surface area contributed by atoms with Gasteiger partial charge in [-0.1, -0.05) is 107 Å². The van der Waals surface area contributed by atoms with Crippen LogP contribution in [-0.4, -0.2) is 19.5 Å². The molecule has 0 saturated carbocycles. The van der Waals surface area contributed by atoms with E-state index in [1.54, 1.807) is 0 Å². The van der Waals surface area contributed by atoms with Crippen LogP contribution in [-0.2, 0) is 32.7 Å². The van der Waals surface area contributed by atoms with Crippen molar-refractivity contribution < 1.29 is 32.7 Å². The zero-order chi connectivity index (χ0) is 22.8. The third-order valence-corrected chi connectivity index (χ3v) is 9.39. The number of hydrogen-bond acceptors (Lipinski definition) is 0. The summed E-state index contributed by atoms with van der Waals surface area (Å²) in [5.41, 5.74) is 15.6. The molecule has 1 saturated heterocycles. The smallest absolute Gasteiger partial charge is 0.676 e. The zero-order valence-electron chi connectivity index (χ0n) is 23.3. The Morgan fingerprint density at radius 3 is 1.32 bits per heavy atom. The van der Waals surface area contributed by atoms with Crippen LogP contribution < -0.4 is 0 Å². The minimum absolute atomic E-state index is 0. The van der Waals surface area contributed by atoms with Crippen LogP contribution in [0, 0.1) is 65.9 Å². The number of aryl methyl sites for hydroxylation is 2. The number of rotatable bonds is 1. The summed E-state index contributed by atoms with van der Waals surface area (Å²) in [5.74, 6) is 3.80. The summed E-state index contributed by atoms with van der Waals surface area (Å²) in [7, 11) is 0.